The van der Waals surface area contributed by atoms with Gasteiger partial charge in [0.1, 0.15) is 11.8 Å². The summed E-state index contributed by atoms with van der Waals surface area (Å²) >= 11 is 13.0. The van der Waals surface area contributed by atoms with Crippen molar-refractivity contribution in [2.45, 2.75) is 11.8 Å². The molecule has 0 fully saturated rings. The molecular weight excluding hydrogens is 324 g/mol. The smallest absolute Gasteiger partial charge is 0.625 e. The van der Waals surface area contributed by atoms with Gasteiger partial charge in [0, 0.05) is 6.20 Å². The summed E-state index contributed by atoms with van der Waals surface area (Å²) in [4.78, 5) is 4.87. The van der Waals surface area contributed by atoms with Gasteiger partial charge in [-0.1, -0.05) is 35.0 Å². The summed E-state index contributed by atoms with van der Waals surface area (Å²) in [7, 11) is 0. The predicted octanol–water partition coefficient (Wildman–Crippen LogP) is 2.29. The van der Waals surface area contributed by atoms with E-state index in [0.717, 1.165) is 10.5 Å². The third kappa shape index (κ3) is 4.56. The molecule has 7 heteroatoms. The number of nitrogens with zero attached hydrogens (tertiary/aromatic N) is 3. The second-order valence-corrected chi connectivity index (χ2v) is 5.40. The molecule has 0 radical (unpaired) electrons. The number of rotatable bonds is 3. The van der Waals surface area contributed by atoms with Crippen molar-refractivity contribution in [2.75, 3.05) is 0 Å². The molecule has 2 rings (SSSR count). The van der Waals surface area contributed by atoms with Crippen LogP contribution in [0.15, 0.2) is 35.4 Å². The second-order valence-electron chi connectivity index (χ2n) is 3.75. The van der Waals surface area contributed by atoms with E-state index in [2.05, 4.69) is 9.71 Å². The summed E-state index contributed by atoms with van der Waals surface area (Å²) in [5, 5.41) is 9.94. The standard InChI is InChI=1S/C13H8Cl2N3S.Na/c1-8-4-12(13(6-16)17-7-8)18-19-9-2-3-10(14)11(15)5-9;/h2-5,7H,1H3;/q-1;+1. The maximum Gasteiger partial charge on any atom is 1.00 e. The number of aromatic nitrogens is 1. The predicted molar refractivity (Wildman–Crippen MR) is 79.0 cm³/mol. The Morgan fingerprint density at radius 1 is 1.25 bits per heavy atom. The van der Waals surface area contributed by atoms with Crippen LogP contribution in [0.1, 0.15) is 11.3 Å². The molecule has 0 saturated carbocycles. The molecule has 0 bridgehead atoms. The first-order valence-corrected chi connectivity index (χ1v) is 6.83. The third-order valence-corrected chi connectivity index (χ3v) is 3.74. The van der Waals surface area contributed by atoms with E-state index >= 15 is 0 Å². The fraction of sp³-hybridized carbons (Fsp3) is 0.0769. The number of pyridine rings is 1. The zero-order valence-electron chi connectivity index (χ0n) is 10.9. The normalized spacial score (nSPS) is 9.50. The van der Waals surface area contributed by atoms with Crippen LogP contribution in [0, 0.1) is 18.3 Å². The van der Waals surface area contributed by atoms with E-state index in [0.29, 0.717) is 21.4 Å². The van der Waals surface area contributed by atoms with Crippen LogP contribution in [0.4, 0.5) is 5.69 Å². The van der Waals surface area contributed by atoms with E-state index in [9.17, 15) is 0 Å². The molecule has 1 aromatic heterocycles. The van der Waals surface area contributed by atoms with E-state index in [1.807, 2.05) is 25.1 Å². The van der Waals surface area contributed by atoms with Crippen molar-refractivity contribution < 1.29 is 29.6 Å². The van der Waals surface area contributed by atoms with Gasteiger partial charge < -0.3 is 4.72 Å². The first kappa shape index (κ1) is 17.6. The Morgan fingerprint density at radius 2 is 2.00 bits per heavy atom. The molecule has 0 aliphatic rings. The van der Waals surface area contributed by atoms with Crippen molar-refractivity contribution >= 4 is 40.8 Å². The molecule has 2 aromatic rings. The summed E-state index contributed by atoms with van der Waals surface area (Å²) in [6.45, 7) is 1.90. The molecule has 3 nitrogen and oxygen atoms in total. The number of nitriles is 1. The number of hydrogen-bond acceptors (Lipinski definition) is 3. The van der Waals surface area contributed by atoms with Crippen LogP contribution in [0.5, 0.6) is 0 Å². The van der Waals surface area contributed by atoms with Gasteiger partial charge in [-0.25, -0.2) is 16.9 Å². The molecule has 0 unspecified atom stereocenters. The summed E-state index contributed by atoms with van der Waals surface area (Å²) in [5.41, 5.74) is 1.81. The zero-order valence-corrected chi connectivity index (χ0v) is 15.2. The molecule has 1 aromatic carbocycles. The van der Waals surface area contributed by atoms with Gasteiger partial charge in [-0.15, -0.1) is 0 Å². The van der Waals surface area contributed by atoms with Crippen LogP contribution >= 0.6 is 35.1 Å². The SMILES string of the molecule is Cc1cnc(C#N)c([N-]Sc2ccc(Cl)c(Cl)c2)c1.[Na+]. The van der Waals surface area contributed by atoms with Crippen molar-refractivity contribution in [1.82, 2.24) is 4.98 Å². The molecule has 96 valence electrons. The molecule has 0 saturated heterocycles. The van der Waals surface area contributed by atoms with E-state index in [1.54, 1.807) is 18.3 Å². The van der Waals surface area contributed by atoms with Gasteiger partial charge in [-0.3, -0.25) is 0 Å². The Morgan fingerprint density at radius 3 is 2.65 bits per heavy atom. The Balaban J connectivity index is 0.00000200. The molecule has 0 atom stereocenters. The van der Waals surface area contributed by atoms with Crippen LogP contribution in [0.25, 0.3) is 4.72 Å². The van der Waals surface area contributed by atoms with Crippen molar-refractivity contribution in [3.63, 3.8) is 0 Å². The Hall–Kier alpha value is -0.410. The van der Waals surface area contributed by atoms with Gasteiger partial charge in [-0.05, 0) is 35.6 Å². The average Bonchev–Trinajstić information content (AvgIpc) is 2.40. The van der Waals surface area contributed by atoms with Crippen LogP contribution in [-0.4, -0.2) is 4.98 Å². The molecule has 0 spiro atoms. The van der Waals surface area contributed by atoms with Crippen molar-refractivity contribution in [2.24, 2.45) is 0 Å². The number of benzene rings is 1. The fourth-order valence-corrected chi connectivity index (χ4v) is 2.35. The molecule has 0 N–H and O–H groups in total. The van der Waals surface area contributed by atoms with Gasteiger partial charge in [0.15, 0.2) is 0 Å². The summed E-state index contributed by atoms with van der Waals surface area (Å²) in [6.07, 6.45) is 1.64. The summed E-state index contributed by atoms with van der Waals surface area (Å²) < 4.78 is 4.31. The molecular formula is C13H8Cl2N3NaS. The minimum absolute atomic E-state index is 0. The van der Waals surface area contributed by atoms with E-state index in [4.69, 9.17) is 28.5 Å². The van der Waals surface area contributed by atoms with Crippen molar-refractivity contribution in [3.8, 4) is 6.07 Å². The minimum atomic E-state index is 0. The van der Waals surface area contributed by atoms with E-state index in [-0.39, 0.29) is 29.6 Å². The minimum Gasteiger partial charge on any atom is -0.625 e. The fourth-order valence-electron chi connectivity index (χ4n) is 1.35. The molecule has 20 heavy (non-hydrogen) atoms. The van der Waals surface area contributed by atoms with Crippen LogP contribution < -0.4 is 29.6 Å². The third-order valence-electron chi connectivity index (χ3n) is 2.25. The van der Waals surface area contributed by atoms with Crippen LogP contribution in [0.3, 0.4) is 0 Å². The quantitative estimate of drug-likeness (QED) is 0.640. The van der Waals surface area contributed by atoms with E-state index in [1.165, 1.54) is 11.9 Å². The van der Waals surface area contributed by atoms with Crippen molar-refractivity contribution in [3.05, 3.63) is 56.5 Å². The number of halogens is 2. The van der Waals surface area contributed by atoms with Crippen LogP contribution in [-0.2, 0) is 0 Å². The maximum absolute atomic E-state index is 8.97. The van der Waals surface area contributed by atoms with Gasteiger partial charge in [0.2, 0.25) is 0 Å². The largest absolute Gasteiger partial charge is 1.00 e. The number of aryl methyl sites for hydroxylation is 1. The molecule has 1 heterocycles. The van der Waals surface area contributed by atoms with Gasteiger partial charge in [0.25, 0.3) is 0 Å². The van der Waals surface area contributed by atoms with E-state index < -0.39 is 0 Å². The second kappa shape index (κ2) is 8.14. The topological polar surface area (TPSA) is 50.8 Å². The van der Waals surface area contributed by atoms with Crippen molar-refractivity contribution in [1.29, 1.82) is 5.26 Å². The van der Waals surface area contributed by atoms with Gasteiger partial charge in [0.05, 0.1) is 10.0 Å². The Labute approximate surface area is 154 Å². The monoisotopic (exact) mass is 331 g/mol. The molecule has 0 amide bonds. The Bertz CT molecular complexity index is 659. The van der Waals surface area contributed by atoms with Crippen LogP contribution in [0.2, 0.25) is 10.0 Å². The van der Waals surface area contributed by atoms with Gasteiger partial charge >= 0.3 is 29.6 Å². The summed E-state index contributed by atoms with van der Waals surface area (Å²) in [5.74, 6) is 0. The average molecular weight is 332 g/mol. The molecule has 0 aliphatic carbocycles. The first-order valence-electron chi connectivity index (χ1n) is 5.30. The van der Waals surface area contributed by atoms with Gasteiger partial charge in [-0.2, -0.15) is 5.26 Å². The first-order chi connectivity index (χ1) is 9.10. The maximum atomic E-state index is 8.97. The summed E-state index contributed by atoms with van der Waals surface area (Å²) in [6, 6.07) is 9.09. The molecule has 0 aliphatic heterocycles. The zero-order chi connectivity index (χ0) is 13.8. The Kier molecular flexibility index (Phi) is 7.18. The number of hydrogen-bond donors (Lipinski definition) is 0.